The van der Waals surface area contributed by atoms with E-state index in [4.69, 9.17) is 5.73 Å². The van der Waals surface area contributed by atoms with E-state index in [9.17, 15) is 4.79 Å². The van der Waals surface area contributed by atoms with Gasteiger partial charge in [-0.2, -0.15) is 0 Å². The molecule has 0 aliphatic carbocycles. The first-order valence-electron chi connectivity index (χ1n) is 7.72. The van der Waals surface area contributed by atoms with Crippen LogP contribution in [0.15, 0.2) is 24.5 Å². The van der Waals surface area contributed by atoms with Crippen LogP contribution in [0.2, 0.25) is 0 Å². The van der Waals surface area contributed by atoms with Gasteiger partial charge in [0.2, 0.25) is 5.91 Å². The second-order valence-electron chi connectivity index (χ2n) is 6.19. The van der Waals surface area contributed by atoms with Crippen LogP contribution < -0.4 is 5.73 Å². The molecule has 1 amide bonds. The number of aromatic nitrogens is 1. The van der Waals surface area contributed by atoms with E-state index in [1.165, 1.54) is 5.56 Å². The number of hydrogen-bond acceptors (Lipinski definition) is 4. The third kappa shape index (κ3) is 4.79. The number of hydrogen-bond donors (Lipinski definition) is 1. The van der Waals surface area contributed by atoms with Crippen molar-refractivity contribution in [1.82, 2.24) is 14.8 Å². The molecule has 1 atom stereocenters. The molecule has 116 valence electrons. The Bertz CT molecular complexity index is 441. The van der Waals surface area contributed by atoms with Crippen LogP contribution in [0.5, 0.6) is 0 Å². The van der Waals surface area contributed by atoms with Crippen molar-refractivity contribution in [1.29, 1.82) is 0 Å². The molecule has 0 saturated carbocycles. The number of nitrogens with zero attached hydrogens (tertiary/aromatic N) is 3. The first kappa shape index (κ1) is 15.9. The molecule has 21 heavy (non-hydrogen) atoms. The molecule has 1 aliphatic rings. The molecule has 0 radical (unpaired) electrons. The third-order valence-corrected chi connectivity index (χ3v) is 3.88. The molecule has 1 aliphatic heterocycles. The highest BCUT2D eigenvalue weighted by atomic mass is 16.2. The van der Waals surface area contributed by atoms with Crippen molar-refractivity contribution in [3.05, 3.63) is 30.1 Å². The molecule has 5 nitrogen and oxygen atoms in total. The van der Waals surface area contributed by atoms with Crippen molar-refractivity contribution in [2.75, 3.05) is 26.2 Å². The van der Waals surface area contributed by atoms with Crippen molar-refractivity contribution < 1.29 is 4.79 Å². The van der Waals surface area contributed by atoms with Crippen LogP contribution in [0.25, 0.3) is 0 Å². The molecule has 2 rings (SSSR count). The molecule has 1 saturated heterocycles. The number of piperazine rings is 1. The SMILES string of the molecule is CC(C)C[C@H](N)C(=O)N1CCN(Cc2ccncc2)CC1. The summed E-state index contributed by atoms with van der Waals surface area (Å²) in [6.45, 7) is 8.47. The molecular formula is C16H26N4O. The molecule has 0 aromatic carbocycles. The Morgan fingerprint density at radius 2 is 1.86 bits per heavy atom. The number of carbonyl (C=O) groups excluding carboxylic acids is 1. The lowest BCUT2D eigenvalue weighted by Gasteiger charge is -2.36. The van der Waals surface area contributed by atoms with E-state index < -0.39 is 0 Å². The lowest BCUT2D eigenvalue weighted by Crippen LogP contribution is -2.53. The van der Waals surface area contributed by atoms with Crippen LogP contribution in [0.1, 0.15) is 25.8 Å². The van der Waals surface area contributed by atoms with E-state index in [0.29, 0.717) is 5.92 Å². The number of nitrogens with two attached hydrogens (primary N) is 1. The second kappa shape index (κ2) is 7.52. The highest BCUT2D eigenvalue weighted by molar-refractivity contribution is 5.81. The van der Waals surface area contributed by atoms with Crippen LogP contribution >= 0.6 is 0 Å². The minimum absolute atomic E-state index is 0.104. The monoisotopic (exact) mass is 290 g/mol. The maximum Gasteiger partial charge on any atom is 0.239 e. The molecule has 1 fully saturated rings. The van der Waals surface area contributed by atoms with E-state index in [-0.39, 0.29) is 11.9 Å². The fourth-order valence-corrected chi connectivity index (χ4v) is 2.72. The summed E-state index contributed by atoms with van der Waals surface area (Å²) in [4.78, 5) is 20.6. The van der Waals surface area contributed by atoms with Gasteiger partial charge in [-0.1, -0.05) is 13.8 Å². The van der Waals surface area contributed by atoms with E-state index in [0.717, 1.165) is 39.1 Å². The van der Waals surface area contributed by atoms with E-state index in [1.54, 1.807) is 0 Å². The van der Waals surface area contributed by atoms with Crippen molar-refractivity contribution in [2.24, 2.45) is 11.7 Å². The Kier molecular flexibility index (Phi) is 5.70. The highest BCUT2D eigenvalue weighted by Gasteiger charge is 2.25. The van der Waals surface area contributed by atoms with Crippen LogP contribution in [0, 0.1) is 5.92 Å². The van der Waals surface area contributed by atoms with Gasteiger partial charge in [0.15, 0.2) is 0 Å². The van der Waals surface area contributed by atoms with Gasteiger partial charge in [-0.3, -0.25) is 14.7 Å². The smallest absolute Gasteiger partial charge is 0.239 e. The van der Waals surface area contributed by atoms with E-state index in [2.05, 4.69) is 23.7 Å². The zero-order valence-electron chi connectivity index (χ0n) is 13.0. The van der Waals surface area contributed by atoms with Gasteiger partial charge in [0.25, 0.3) is 0 Å². The minimum Gasteiger partial charge on any atom is -0.339 e. The van der Waals surface area contributed by atoms with Gasteiger partial charge in [0.05, 0.1) is 6.04 Å². The largest absolute Gasteiger partial charge is 0.339 e. The summed E-state index contributed by atoms with van der Waals surface area (Å²) in [7, 11) is 0. The first-order valence-corrected chi connectivity index (χ1v) is 7.72. The lowest BCUT2D eigenvalue weighted by molar-refractivity contribution is -0.134. The third-order valence-electron chi connectivity index (χ3n) is 3.88. The Hall–Kier alpha value is -1.46. The van der Waals surface area contributed by atoms with Crippen LogP contribution in [-0.2, 0) is 11.3 Å². The maximum atomic E-state index is 12.3. The molecular weight excluding hydrogens is 264 g/mol. The zero-order valence-corrected chi connectivity index (χ0v) is 13.0. The Balaban J connectivity index is 1.79. The lowest BCUT2D eigenvalue weighted by atomic mass is 10.0. The summed E-state index contributed by atoms with van der Waals surface area (Å²) >= 11 is 0. The zero-order chi connectivity index (χ0) is 15.2. The fraction of sp³-hybridized carbons (Fsp3) is 0.625. The molecule has 0 unspecified atom stereocenters. The number of amides is 1. The predicted octanol–water partition coefficient (Wildman–Crippen LogP) is 1.10. The van der Waals surface area contributed by atoms with Gasteiger partial charge in [-0.05, 0) is 30.0 Å². The van der Waals surface area contributed by atoms with Gasteiger partial charge in [0.1, 0.15) is 0 Å². The molecule has 1 aromatic heterocycles. The van der Waals surface area contributed by atoms with Crippen molar-refractivity contribution >= 4 is 5.91 Å². The van der Waals surface area contributed by atoms with Gasteiger partial charge in [0, 0.05) is 45.1 Å². The normalized spacial score (nSPS) is 18.0. The summed E-state index contributed by atoms with van der Waals surface area (Å²) < 4.78 is 0. The number of carbonyl (C=O) groups is 1. The Labute approximate surface area is 127 Å². The second-order valence-corrected chi connectivity index (χ2v) is 6.19. The Morgan fingerprint density at radius 3 is 2.43 bits per heavy atom. The summed E-state index contributed by atoms with van der Waals surface area (Å²) in [5, 5.41) is 0. The molecule has 2 N–H and O–H groups in total. The number of rotatable bonds is 5. The summed E-state index contributed by atoms with van der Waals surface area (Å²) in [6, 6.07) is 3.73. The maximum absolute atomic E-state index is 12.3. The Morgan fingerprint density at radius 1 is 1.24 bits per heavy atom. The number of pyridine rings is 1. The van der Waals surface area contributed by atoms with Gasteiger partial charge in [-0.25, -0.2) is 0 Å². The summed E-state index contributed by atoms with van der Waals surface area (Å²) in [5.74, 6) is 0.559. The summed E-state index contributed by atoms with van der Waals surface area (Å²) in [6.07, 6.45) is 4.40. The van der Waals surface area contributed by atoms with Crippen LogP contribution in [0.3, 0.4) is 0 Å². The van der Waals surface area contributed by atoms with Crippen molar-refractivity contribution in [2.45, 2.75) is 32.9 Å². The van der Waals surface area contributed by atoms with Gasteiger partial charge >= 0.3 is 0 Å². The summed E-state index contributed by atoms with van der Waals surface area (Å²) in [5.41, 5.74) is 7.26. The molecule has 5 heteroatoms. The molecule has 1 aromatic rings. The fourth-order valence-electron chi connectivity index (χ4n) is 2.72. The van der Waals surface area contributed by atoms with E-state index in [1.807, 2.05) is 29.4 Å². The molecule has 2 heterocycles. The first-order chi connectivity index (χ1) is 10.1. The van der Waals surface area contributed by atoms with E-state index >= 15 is 0 Å². The highest BCUT2D eigenvalue weighted by Crippen LogP contribution is 2.11. The van der Waals surface area contributed by atoms with Gasteiger partial charge in [-0.15, -0.1) is 0 Å². The molecule has 0 bridgehead atoms. The van der Waals surface area contributed by atoms with Crippen LogP contribution in [-0.4, -0.2) is 52.9 Å². The molecule has 0 spiro atoms. The average Bonchev–Trinajstić information content (AvgIpc) is 2.47. The standard InChI is InChI=1S/C16H26N4O/c1-13(2)11-15(17)16(21)20-9-7-19(8-10-20)12-14-3-5-18-6-4-14/h3-6,13,15H,7-12,17H2,1-2H3/t15-/m0/s1. The minimum atomic E-state index is -0.350. The van der Waals surface area contributed by atoms with Gasteiger partial charge < -0.3 is 10.6 Å². The van der Waals surface area contributed by atoms with Crippen molar-refractivity contribution in [3.8, 4) is 0 Å². The average molecular weight is 290 g/mol. The predicted molar refractivity (Wildman–Crippen MR) is 83.5 cm³/mol. The van der Waals surface area contributed by atoms with Crippen LogP contribution in [0.4, 0.5) is 0 Å². The van der Waals surface area contributed by atoms with Crippen molar-refractivity contribution in [3.63, 3.8) is 0 Å². The topological polar surface area (TPSA) is 62.5 Å². The quantitative estimate of drug-likeness (QED) is 0.882.